The maximum Gasteiger partial charge on any atom is 0.343 e. The van der Waals surface area contributed by atoms with Gasteiger partial charge in [0.15, 0.2) is 0 Å². The Bertz CT molecular complexity index is 940. The topological polar surface area (TPSA) is 91.2 Å². The summed E-state index contributed by atoms with van der Waals surface area (Å²) in [5.74, 6) is 1.26. The van der Waals surface area contributed by atoms with Crippen molar-refractivity contribution in [1.82, 2.24) is 19.7 Å². The van der Waals surface area contributed by atoms with Crippen LogP contribution in [0.4, 0.5) is 0 Å². The third kappa shape index (κ3) is 3.52. The smallest absolute Gasteiger partial charge is 0.343 e. The first-order chi connectivity index (χ1) is 14.0. The van der Waals surface area contributed by atoms with E-state index in [4.69, 9.17) is 0 Å². The van der Waals surface area contributed by atoms with Crippen LogP contribution in [0.3, 0.4) is 0 Å². The molecule has 2 aromatic rings. The van der Waals surface area contributed by atoms with Crippen molar-refractivity contribution in [3.05, 3.63) is 52.2 Å². The van der Waals surface area contributed by atoms with Crippen molar-refractivity contribution < 1.29 is 9.90 Å². The standard InChI is InChI=1S/C22H28N4O3/c27-20(16-8-11-22(29,14-16)17-4-2-1-3-5-17)25-12-9-18(10-13-25)26-21(28)23-19(24-26)15-6-7-15/h1-5,15-16,18,29H,6-14H2,(H,23,24,28). The number of amides is 1. The molecule has 1 aliphatic heterocycles. The quantitative estimate of drug-likeness (QED) is 0.830. The molecular formula is C22H28N4O3. The highest BCUT2D eigenvalue weighted by Gasteiger charge is 2.43. The minimum absolute atomic E-state index is 0.0557. The number of nitrogens with one attached hydrogen (secondary N) is 1. The van der Waals surface area contributed by atoms with Crippen LogP contribution in [0.25, 0.3) is 0 Å². The molecule has 0 bridgehead atoms. The number of aliphatic hydroxyl groups is 1. The van der Waals surface area contributed by atoms with Crippen molar-refractivity contribution >= 4 is 5.91 Å². The number of benzene rings is 1. The summed E-state index contributed by atoms with van der Waals surface area (Å²) < 4.78 is 1.60. The third-order valence-electron chi connectivity index (χ3n) is 6.90. The van der Waals surface area contributed by atoms with Gasteiger partial charge in [-0.25, -0.2) is 9.48 Å². The molecule has 7 heteroatoms. The van der Waals surface area contributed by atoms with E-state index in [2.05, 4.69) is 10.1 Å². The predicted octanol–water partition coefficient (Wildman–Crippen LogP) is 2.30. The summed E-state index contributed by atoms with van der Waals surface area (Å²) in [7, 11) is 0. The maximum atomic E-state index is 13.1. The number of H-pyrrole nitrogens is 1. The van der Waals surface area contributed by atoms with E-state index >= 15 is 0 Å². The summed E-state index contributed by atoms with van der Waals surface area (Å²) in [6.07, 6.45) is 5.53. The van der Waals surface area contributed by atoms with Crippen molar-refractivity contribution in [1.29, 1.82) is 0 Å². The van der Waals surface area contributed by atoms with E-state index in [1.807, 2.05) is 35.2 Å². The molecule has 2 N–H and O–H groups in total. The molecule has 0 radical (unpaired) electrons. The number of rotatable bonds is 4. The van der Waals surface area contributed by atoms with Crippen LogP contribution in [0, 0.1) is 5.92 Å². The number of hydrogen-bond acceptors (Lipinski definition) is 4. The van der Waals surface area contributed by atoms with Crippen LogP contribution in [0.1, 0.15) is 68.3 Å². The zero-order chi connectivity index (χ0) is 20.0. The molecule has 29 heavy (non-hydrogen) atoms. The van der Waals surface area contributed by atoms with E-state index in [9.17, 15) is 14.7 Å². The second-order valence-electron chi connectivity index (χ2n) is 8.93. The molecule has 154 valence electrons. The number of hydrogen-bond donors (Lipinski definition) is 2. The lowest BCUT2D eigenvalue weighted by atomic mass is 9.91. The molecule has 1 aromatic heterocycles. The highest BCUT2D eigenvalue weighted by Crippen LogP contribution is 2.43. The van der Waals surface area contributed by atoms with Crippen molar-refractivity contribution in [2.24, 2.45) is 5.92 Å². The normalized spacial score (nSPS) is 28.0. The van der Waals surface area contributed by atoms with Crippen LogP contribution in [-0.2, 0) is 10.4 Å². The van der Waals surface area contributed by atoms with Crippen LogP contribution >= 0.6 is 0 Å². The van der Waals surface area contributed by atoms with Gasteiger partial charge in [-0.05, 0) is 50.5 Å². The maximum absolute atomic E-state index is 13.1. The molecule has 5 rings (SSSR count). The van der Waals surface area contributed by atoms with Crippen LogP contribution in [0.5, 0.6) is 0 Å². The highest BCUT2D eigenvalue weighted by molar-refractivity contribution is 5.79. The molecule has 2 unspecified atom stereocenters. The first-order valence-electron chi connectivity index (χ1n) is 10.8. The first kappa shape index (κ1) is 18.6. The van der Waals surface area contributed by atoms with Crippen LogP contribution in [-0.4, -0.2) is 43.8 Å². The summed E-state index contributed by atoms with van der Waals surface area (Å²) in [5.41, 5.74) is -0.125. The van der Waals surface area contributed by atoms with Gasteiger partial charge < -0.3 is 10.0 Å². The number of nitrogens with zero attached hydrogens (tertiary/aromatic N) is 3. The van der Waals surface area contributed by atoms with Gasteiger partial charge in [0.25, 0.3) is 0 Å². The second-order valence-corrected chi connectivity index (χ2v) is 8.93. The van der Waals surface area contributed by atoms with E-state index in [1.165, 1.54) is 0 Å². The predicted molar refractivity (Wildman–Crippen MR) is 107 cm³/mol. The molecule has 1 aromatic carbocycles. The van der Waals surface area contributed by atoms with E-state index in [0.717, 1.165) is 37.1 Å². The lowest BCUT2D eigenvalue weighted by Gasteiger charge is -2.33. The molecule has 1 amide bonds. The molecule has 1 saturated heterocycles. The van der Waals surface area contributed by atoms with Gasteiger partial charge in [0, 0.05) is 24.9 Å². The van der Waals surface area contributed by atoms with Gasteiger partial charge in [0.05, 0.1) is 11.6 Å². The van der Waals surface area contributed by atoms with Crippen molar-refractivity contribution in [3.8, 4) is 0 Å². The fourth-order valence-electron chi connectivity index (χ4n) is 4.98. The number of piperidine rings is 1. The lowest BCUT2D eigenvalue weighted by molar-refractivity contribution is -0.137. The zero-order valence-corrected chi connectivity index (χ0v) is 16.6. The van der Waals surface area contributed by atoms with Crippen LogP contribution in [0.15, 0.2) is 35.1 Å². The first-order valence-corrected chi connectivity index (χ1v) is 10.8. The molecule has 2 aliphatic carbocycles. The molecule has 2 heterocycles. The molecule has 2 saturated carbocycles. The van der Waals surface area contributed by atoms with Gasteiger partial charge in [-0.3, -0.25) is 9.78 Å². The summed E-state index contributed by atoms with van der Waals surface area (Å²) in [4.78, 5) is 30.1. The number of aromatic amines is 1. The Hall–Kier alpha value is -2.41. The Balaban J connectivity index is 1.20. The summed E-state index contributed by atoms with van der Waals surface area (Å²) in [6.45, 7) is 1.28. The SMILES string of the molecule is O=C(C1CCC(O)(c2ccccc2)C1)N1CCC(n2nc(C3CC3)[nH]c2=O)CC1. The Morgan fingerprint density at radius 1 is 1.10 bits per heavy atom. The Kier molecular flexibility index (Phi) is 4.57. The van der Waals surface area contributed by atoms with E-state index < -0.39 is 5.60 Å². The Labute approximate surface area is 169 Å². The fourth-order valence-corrected chi connectivity index (χ4v) is 4.98. The van der Waals surface area contributed by atoms with Gasteiger partial charge >= 0.3 is 5.69 Å². The Morgan fingerprint density at radius 3 is 2.52 bits per heavy atom. The zero-order valence-electron chi connectivity index (χ0n) is 16.6. The minimum atomic E-state index is -0.901. The van der Waals surface area contributed by atoms with Crippen LogP contribution < -0.4 is 5.69 Å². The van der Waals surface area contributed by atoms with Crippen molar-refractivity contribution in [3.63, 3.8) is 0 Å². The Morgan fingerprint density at radius 2 is 1.83 bits per heavy atom. The summed E-state index contributed by atoms with van der Waals surface area (Å²) >= 11 is 0. The number of aromatic nitrogens is 3. The molecule has 3 aliphatic rings. The molecular weight excluding hydrogens is 368 g/mol. The van der Waals surface area contributed by atoms with Gasteiger partial charge in [-0.1, -0.05) is 30.3 Å². The summed E-state index contributed by atoms with van der Waals surface area (Å²) in [5, 5.41) is 15.5. The molecule has 3 fully saturated rings. The lowest BCUT2D eigenvalue weighted by Crippen LogP contribution is -2.43. The monoisotopic (exact) mass is 396 g/mol. The summed E-state index contributed by atoms with van der Waals surface area (Å²) in [6, 6.07) is 9.73. The van der Waals surface area contributed by atoms with E-state index in [0.29, 0.717) is 38.3 Å². The van der Waals surface area contributed by atoms with Crippen LogP contribution in [0.2, 0.25) is 0 Å². The highest BCUT2D eigenvalue weighted by atomic mass is 16.3. The number of carbonyl (C=O) groups is 1. The number of carbonyl (C=O) groups excluding carboxylic acids is 1. The minimum Gasteiger partial charge on any atom is -0.385 e. The van der Waals surface area contributed by atoms with Crippen molar-refractivity contribution in [2.75, 3.05) is 13.1 Å². The second kappa shape index (κ2) is 7.13. The van der Waals surface area contributed by atoms with E-state index in [1.54, 1.807) is 4.68 Å². The van der Waals surface area contributed by atoms with Gasteiger partial charge in [-0.2, -0.15) is 5.10 Å². The van der Waals surface area contributed by atoms with Gasteiger partial charge in [0.2, 0.25) is 5.91 Å². The average Bonchev–Trinajstić information content (AvgIpc) is 3.42. The number of likely N-dealkylation sites (tertiary alicyclic amines) is 1. The van der Waals surface area contributed by atoms with Gasteiger partial charge in [0.1, 0.15) is 5.82 Å². The molecule has 0 spiro atoms. The average molecular weight is 396 g/mol. The van der Waals surface area contributed by atoms with Crippen molar-refractivity contribution in [2.45, 2.75) is 62.5 Å². The molecule has 2 atom stereocenters. The van der Waals surface area contributed by atoms with Gasteiger partial charge in [-0.15, -0.1) is 0 Å². The molecule has 7 nitrogen and oxygen atoms in total. The third-order valence-corrected chi connectivity index (χ3v) is 6.90. The largest absolute Gasteiger partial charge is 0.385 e. The fraction of sp³-hybridized carbons (Fsp3) is 0.591. The van der Waals surface area contributed by atoms with E-state index in [-0.39, 0.29) is 23.6 Å².